The largest absolute Gasteiger partial charge is 0.320 e. The van der Waals surface area contributed by atoms with Gasteiger partial charge in [0.15, 0.2) is 11.6 Å². The van der Waals surface area contributed by atoms with Crippen LogP contribution >= 0.6 is 0 Å². The van der Waals surface area contributed by atoms with Gasteiger partial charge in [-0.1, -0.05) is 0 Å². The van der Waals surface area contributed by atoms with Gasteiger partial charge in [-0.25, -0.2) is 8.78 Å². The fourth-order valence-corrected chi connectivity index (χ4v) is 1.21. The minimum absolute atomic E-state index is 0.304. The highest BCUT2D eigenvalue weighted by atomic mass is 19.2. The summed E-state index contributed by atoms with van der Waals surface area (Å²) in [6.07, 6.45) is 0. The van der Waals surface area contributed by atoms with Crippen molar-refractivity contribution in [3.8, 4) is 0 Å². The number of rotatable bonds is 2. The van der Waals surface area contributed by atoms with E-state index in [-0.39, 0.29) is 11.3 Å². The summed E-state index contributed by atoms with van der Waals surface area (Å²) < 4.78 is 26.1. The van der Waals surface area contributed by atoms with E-state index < -0.39 is 28.2 Å². The third kappa shape index (κ3) is 2.13. The molecule has 5 nitrogen and oxygen atoms in total. The first-order valence-corrected chi connectivity index (χ1v) is 4.25. The zero-order valence-corrected chi connectivity index (χ0v) is 8.51. The molecule has 1 N–H and O–H groups in total. The molecule has 0 bridgehead atoms. The third-order valence-electron chi connectivity index (χ3n) is 1.93. The lowest BCUT2D eigenvalue weighted by Gasteiger charge is -2.08. The van der Waals surface area contributed by atoms with Crippen molar-refractivity contribution in [2.24, 2.45) is 0 Å². The smallest absolute Gasteiger partial charge is 0.296 e. The molecule has 0 aliphatic carbocycles. The standard InChI is InChI=1S/C9H8F2N2O3/c1-4-8(11)6(10)3-7(13(15)16)9(4)12-5(2)14/h3H,1-2H3,(H,12,14). The molecule has 1 aromatic rings. The highest BCUT2D eigenvalue weighted by molar-refractivity contribution is 5.92. The molecular weight excluding hydrogens is 222 g/mol. The number of nitro groups is 1. The first-order valence-electron chi connectivity index (χ1n) is 4.25. The summed E-state index contributed by atoms with van der Waals surface area (Å²) >= 11 is 0. The minimum Gasteiger partial charge on any atom is -0.320 e. The zero-order valence-electron chi connectivity index (χ0n) is 8.51. The fourth-order valence-electron chi connectivity index (χ4n) is 1.21. The van der Waals surface area contributed by atoms with E-state index >= 15 is 0 Å². The third-order valence-corrected chi connectivity index (χ3v) is 1.93. The maximum absolute atomic E-state index is 13.1. The van der Waals surface area contributed by atoms with E-state index in [2.05, 4.69) is 5.32 Å². The summed E-state index contributed by atoms with van der Waals surface area (Å²) in [4.78, 5) is 20.5. The fraction of sp³-hybridized carbons (Fsp3) is 0.222. The van der Waals surface area contributed by atoms with E-state index in [0.717, 1.165) is 13.8 Å². The molecule has 0 aromatic heterocycles. The van der Waals surface area contributed by atoms with Crippen LogP contribution in [0.2, 0.25) is 0 Å². The maximum Gasteiger partial charge on any atom is 0.296 e. The van der Waals surface area contributed by atoms with Crippen molar-refractivity contribution in [2.75, 3.05) is 5.32 Å². The number of hydrogen-bond donors (Lipinski definition) is 1. The van der Waals surface area contributed by atoms with Crippen LogP contribution in [0.25, 0.3) is 0 Å². The molecule has 1 aromatic carbocycles. The Bertz CT molecular complexity index is 474. The Balaban J connectivity index is 3.47. The average Bonchev–Trinajstić information content (AvgIpc) is 2.17. The van der Waals surface area contributed by atoms with Gasteiger partial charge >= 0.3 is 0 Å². The van der Waals surface area contributed by atoms with Gasteiger partial charge in [0.1, 0.15) is 5.69 Å². The lowest BCUT2D eigenvalue weighted by Crippen LogP contribution is -2.11. The Labute approximate surface area is 89.2 Å². The van der Waals surface area contributed by atoms with Crippen molar-refractivity contribution in [2.45, 2.75) is 13.8 Å². The average molecular weight is 230 g/mol. The Hall–Kier alpha value is -2.05. The molecular formula is C9H8F2N2O3. The number of carbonyl (C=O) groups excluding carboxylic acids is 1. The van der Waals surface area contributed by atoms with Crippen LogP contribution < -0.4 is 5.32 Å². The predicted molar refractivity (Wildman–Crippen MR) is 52.1 cm³/mol. The number of nitrogens with zero attached hydrogens (tertiary/aromatic N) is 1. The number of amides is 1. The second-order valence-corrected chi connectivity index (χ2v) is 3.13. The van der Waals surface area contributed by atoms with E-state index in [1.807, 2.05) is 0 Å². The van der Waals surface area contributed by atoms with Gasteiger partial charge in [0.2, 0.25) is 5.91 Å². The van der Waals surface area contributed by atoms with Gasteiger partial charge in [-0.2, -0.15) is 0 Å². The molecule has 0 saturated carbocycles. The van der Waals surface area contributed by atoms with Crippen LogP contribution in [0.5, 0.6) is 0 Å². The number of hydrogen-bond acceptors (Lipinski definition) is 3. The van der Waals surface area contributed by atoms with Gasteiger partial charge in [0.05, 0.1) is 11.0 Å². The topological polar surface area (TPSA) is 72.2 Å². The molecule has 16 heavy (non-hydrogen) atoms. The van der Waals surface area contributed by atoms with Crippen LogP contribution in [-0.4, -0.2) is 10.8 Å². The first kappa shape index (κ1) is 12.0. The van der Waals surface area contributed by atoms with Crippen molar-refractivity contribution < 1.29 is 18.5 Å². The summed E-state index contributed by atoms with van der Waals surface area (Å²) in [7, 11) is 0. The molecule has 0 atom stereocenters. The number of benzene rings is 1. The quantitative estimate of drug-likeness (QED) is 0.624. The van der Waals surface area contributed by atoms with Gasteiger partial charge in [0.25, 0.3) is 5.69 Å². The highest BCUT2D eigenvalue weighted by Crippen LogP contribution is 2.31. The van der Waals surface area contributed by atoms with E-state index in [0.29, 0.717) is 6.07 Å². The van der Waals surface area contributed by atoms with Crippen molar-refractivity contribution in [3.05, 3.63) is 33.4 Å². The van der Waals surface area contributed by atoms with E-state index in [4.69, 9.17) is 0 Å². The molecule has 0 aliphatic rings. The SMILES string of the molecule is CC(=O)Nc1c([N+](=O)[O-])cc(F)c(F)c1C. The Morgan fingerprint density at radius 2 is 2.06 bits per heavy atom. The first-order chi connectivity index (χ1) is 7.34. The van der Waals surface area contributed by atoms with Gasteiger partial charge < -0.3 is 5.32 Å². The second kappa shape index (κ2) is 4.21. The van der Waals surface area contributed by atoms with Gasteiger partial charge in [-0.15, -0.1) is 0 Å². The molecule has 0 radical (unpaired) electrons. The molecule has 0 heterocycles. The number of anilines is 1. The summed E-state index contributed by atoms with van der Waals surface area (Å²) in [5, 5.41) is 12.7. The van der Waals surface area contributed by atoms with Crippen LogP contribution in [0.15, 0.2) is 6.07 Å². The van der Waals surface area contributed by atoms with Gasteiger partial charge in [-0.05, 0) is 6.92 Å². The molecule has 0 saturated heterocycles. The lowest BCUT2D eigenvalue weighted by atomic mass is 10.1. The molecule has 0 unspecified atom stereocenters. The molecule has 0 spiro atoms. The Morgan fingerprint density at radius 3 is 2.50 bits per heavy atom. The van der Waals surface area contributed by atoms with Crippen molar-refractivity contribution in [1.82, 2.24) is 0 Å². The Kier molecular flexibility index (Phi) is 3.17. The van der Waals surface area contributed by atoms with Gasteiger partial charge in [0, 0.05) is 12.5 Å². The number of carbonyl (C=O) groups is 1. The van der Waals surface area contributed by atoms with Crippen LogP contribution in [0, 0.1) is 28.7 Å². The van der Waals surface area contributed by atoms with Crippen molar-refractivity contribution in [3.63, 3.8) is 0 Å². The van der Waals surface area contributed by atoms with Crippen molar-refractivity contribution in [1.29, 1.82) is 0 Å². The lowest BCUT2D eigenvalue weighted by molar-refractivity contribution is -0.384. The Morgan fingerprint density at radius 1 is 1.50 bits per heavy atom. The zero-order chi connectivity index (χ0) is 12.5. The molecule has 0 fully saturated rings. The maximum atomic E-state index is 13.1. The molecule has 1 amide bonds. The number of halogens is 2. The van der Waals surface area contributed by atoms with Crippen LogP contribution in [0.1, 0.15) is 12.5 Å². The summed E-state index contributed by atoms with van der Waals surface area (Å²) in [6, 6.07) is 0.438. The molecule has 1 rings (SSSR count). The number of nitrogens with one attached hydrogen (secondary N) is 1. The summed E-state index contributed by atoms with van der Waals surface area (Å²) in [6.45, 7) is 2.26. The van der Waals surface area contributed by atoms with Crippen LogP contribution in [-0.2, 0) is 4.79 Å². The summed E-state index contributed by atoms with van der Waals surface area (Å²) in [5.41, 5.74) is -1.30. The second-order valence-electron chi connectivity index (χ2n) is 3.13. The highest BCUT2D eigenvalue weighted by Gasteiger charge is 2.23. The normalized spacial score (nSPS) is 10.0. The minimum atomic E-state index is -1.32. The predicted octanol–water partition coefficient (Wildman–Crippen LogP) is 2.14. The van der Waals surface area contributed by atoms with E-state index in [1.165, 1.54) is 0 Å². The van der Waals surface area contributed by atoms with Crippen LogP contribution in [0.4, 0.5) is 20.2 Å². The van der Waals surface area contributed by atoms with E-state index in [1.54, 1.807) is 0 Å². The summed E-state index contributed by atoms with van der Waals surface area (Å²) in [5.74, 6) is -3.13. The molecule has 86 valence electrons. The van der Waals surface area contributed by atoms with Crippen molar-refractivity contribution >= 4 is 17.3 Å². The van der Waals surface area contributed by atoms with Gasteiger partial charge in [-0.3, -0.25) is 14.9 Å². The molecule has 0 aliphatic heterocycles. The number of nitro benzene ring substituents is 1. The van der Waals surface area contributed by atoms with E-state index in [9.17, 15) is 23.7 Å². The molecule has 7 heteroatoms. The van der Waals surface area contributed by atoms with Crippen LogP contribution in [0.3, 0.4) is 0 Å². The monoisotopic (exact) mass is 230 g/mol.